The zero-order valence-electron chi connectivity index (χ0n) is 11.0. The Hall–Kier alpha value is -0.610. The first-order valence-electron chi connectivity index (χ1n) is 6.87. The standard InChI is InChI=1S/C13H25N3O/c1-9(2)12(13(14)17)15-10-5-7-16-6-3-4-11(16)8-10/h9-12,15H,3-8H2,1-2H3,(H2,14,17). The topological polar surface area (TPSA) is 58.4 Å². The molecular formula is C13H25N3O. The van der Waals surface area contributed by atoms with Crippen LogP contribution >= 0.6 is 0 Å². The maximum absolute atomic E-state index is 11.4. The van der Waals surface area contributed by atoms with Crippen LogP contribution in [0, 0.1) is 5.92 Å². The number of hydrogen-bond acceptors (Lipinski definition) is 3. The molecule has 0 saturated carbocycles. The number of fused-ring (bicyclic) bond motifs is 1. The van der Waals surface area contributed by atoms with Crippen LogP contribution in [0.5, 0.6) is 0 Å². The molecule has 3 atom stereocenters. The first-order chi connectivity index (χ1) is 8.08. The van der Waals surface area contributed by atoms with Gasteiger partial charge >= 0.3 is 0 Å². The lowest BCUT2D eigenvalue weighted by Gasteiger charge is -2.37. The van der Waals surface area contributed by atoms with Crippen LogP contribution in [0.1, 0.15) is 39.5 Å². The lowest BCUT2D eigenvalue weighted by atomic mass is 9.94. The molecule has 0 aromatic rings. The van der Waals surface area contributed by atoms with E-state index in [0.29, 0.717) is 6.04 Å². The highest BCUT2D eigenvalue weighted by Gasteiger charge is 2.33. The summed E-state index contributed by atoms with van der Waals surface area (Å²) in [7, 11) is 0. The second-order valence-electron chi connectivity index (χ2n) is 5.84. The van der Waals surface area contributed by atoms with Crippen molar-refractivity contribution >= 4 is 5.91 Å². The van der Waals surface area contributed by atoms with Gasteiger partial charge in [-0.2, -0.15) is 0 Å². The van der Waals surface area contributed by atoms with E-state index in [9.17, 15) is 4.79 Å². The van der Waals surface area contributed by atoms with Gasteiger partial charge in [0.25, 0.3) is 0 Å². The van der Waals surface area contributed by atoms with Crippen molar-refractivity contribution in [1.82, 2.24) is 10.2 Å². The van der Waals surface area contributed by atoms with Crippen LogP contribution in [0.2, 0.25) is 0 Å². The Kier molecular flexibility index (Phi) is 4.05. The first kappa shape index (κ1) is 12.8. The van der Waals surface area contributed by atoms with Gasteiger partial charge in [-0.25, -0.2) is 0 Å². The Labute approximate surface area is 104 Å². The first-order valence-corrected chi connectivity index (χ1v) is 6.87. The monoisotopic (exact) mass is 239 g/mol. The lowest BCUT2D eigenvalue weighted by Crippen LogP contribution is -2.53. The van der Waals surface area contributed by atoms with Gasteiger partial charge in [-0.3, -0.25) is 4.79 Å². The average Bonchev–Trinajstić information content (AvgIpc) is 2.71. The zero-order valence-corrected chi connectivity index (χ0v) is 11.0. The van der Waals surface area contributed by atoms with E-state index in [1.165, 1.54) is 32.4 Å². The molecule has 2 fully saturated rings. The minimum Gasteiger partial charge on any atom is -0.368 e. The summed E-state index contributed by atoms with van der Waals surface area (Å²) in [5, 5.41) is 3.47. The molecule has 3 unspecified atom stereocenters. The molecule has 0 aromatic heterocycles. The van der Waals surface area contributed by atoms with E-state index in [1.54, 1.807) is 0 Å². The number of nitrogens with two attached hydrogens (primary N) is 1. The number of amides is 1. The van der Waals surface area contributed by atoms with Crippen LogP contribution < -0.4 is 11.1 Å². The summed E-state index contributed by atoms with van der Waals surface area (Å²) in [4.78, 5) is 14.0. The molecule has 4 heteroatoms. The van der Waals surface area contributed by atoms with Crippen molar-refractivity contribution in [3.05, 3.63) is 0 Å². The Bertz CT molecular complexity index is 280. The summed E-state index contributed by atoms with van der Waals surface area (Å²) < 4.78 is 0. The molecule has 0 aliphatic carbocycles. The molecule has 98 valence electrons. The van der Waals surface area contributed by atoms with Crippen LogP contribution in [0.3, 0.4) is 0 Å². The van der Waals surface area contributed by atoms with E-state index in [2.05, 4.69) is 10.2 Å². The Balaban J connectivity index is 1.88. The number of carbonyl (C=O) groups is 1. The second kappa shape index (κ2) is 5.36. The number of rotatable bonds is 4. The summed E-state index contributed by atoms with van der Waals surface area (Å²) in [6, 6.07) is 1.03. The molecule has 2 aliphatic rings. The van der Waals surface area contributed by atoms with Crippen LogP contribution in [0.15, 0.2) is 0 Å². The molecule has 1 amide bonds. The average molecular weight is 239 g/mol. The van der Waals surface area contributed by atoms with Crippen molar-refractivity contribution in [2.24, 2.45) is 11.7 Å². The third-order valence-corrected chi connectivity index (χ3v) is 4.21. The summed E-state index contributed by atoms with van der Waals surface area (Å²) in [5.74, 6) is 0.0583. The fourth-order valence-corrected chi connectivity index (χ4v) is 3.23. The molecule has 2 saturated heterocycles. The molecular weight excluding hydrogens is 214 g/mol. The summed E-state index contributed by atoms with van der Waals surface area (Å²) in [5.41, 5.74) is 5.45. The largest absolute Gasteiger partial charge is 0.368 e. The smallest absolute Gasteiger partial charge is 0.234 e. The molecule has 0 aromatic carbocycles. The molecule has 3 N–H and O–H groups in total. The molecule has 0 bridgehead atoms. The van der Waals surface area contributed by atoms with Crippen molar-refractivity contribution in [1.29, 1.82) is 0 Å². The van der Waals surface area contributed by atoms with E-state index in [1.807, 2.05) is 13.8 Å². The van der Waals surface area contributed by atoms with Gasteiger partial charge in [-0.05, 0) is 44.7 Å². The van der Waals surface area contributed by atoms with E-state index in [0.717, 1.165) is 12.5 Å². The minimum absolute atomic E-state index is 0.173. The number of carbonyl (C=O) groups excluding carboxylic acids is 1. The van der Waals surface area contributed by atoms with E-state index in [-0.39, 0.29) is 17.9 Å². The van der Waals surface area contributed by atoms with Gasteiger partial charge in [0.2, 0.25) is 5.91 Å². The van der Waals surface area contributed by atoms with E-state index < -0.39 is 0 Å². The molecule has 2 heterocycles. The number of hydrogen-bond donors (Lipinski definition) is 2. The minimum atomic E-state index is -0.214. The van der Waals surface area contributed by atoms with Crippen molar-refractivity contribution < 1.29 is 4.79 Å². The molecule has 0 radical (unpaired) electrons. The number of nitrogens with zero attached hydrogens (tertiary/aromatic N) is 1. The number of piperidine rings is 1. The van der Waals surface area contributed by atoms with Crippen molar-refractivity contribution in [3.8, 4) is 0 Å². The maximum atomic E-state index is 11.4. The van der Waals surface area contributed by atoms with Gasteiger partial charge in [0.1, 0.15) is 0 Å². The Morgan fingerprint density at radius 2 is 2.12 bits per heavy atom. The van der Waals surface area contributed by atoms with Gasteiger partial charge in [-0.15, -0.1) is 0 Å². The van der Waals surface area contributed by atoms with Gasteiger partial charge in [0.15, 0.2) is 0 Å². The van der Waals surface area contributed by atoms with E-state index in [4.69, 9.17) is 5.73 Å². The van der Waals surface area contributed by atoms with Crippen LogP contribution in [0.25, 0.3) is 0 Å². The zero-order chi connectivity index (χ0) is 12.4. The number of primary amides is 1. The summed E-state index contributed by atoms with van der Waals surface area (Å²) in [6.07, 6.45) is 4.98. The lowest BCUT2D eigenvalue weighted by molar-refractivity contribution is -0.121. The molecule has 17 heavy (non-hydrogen) atoms. The van der Waals surface area contributed by atoms with Crippen molar-refractivity contribution in [2.75, 3.05) is 13.1 Å². The normalized spacial score (nSPS) is 31.5. The molecule has 4 nitrogen and oxygen atoms in total. The quantitative estimate of drug-likeness (QED) is 0.760. The highest BCUT2D eigenvalue weighted by atomic mass is 16.1. The van der Waals surface area contributed by atoms with Crippen molar-refractivity contribution in [3.63, 3.8) is 0 Å². The highest BCUT2D eigenvalue weighted by Crippen LogP contribution is 2.27. The van der Waals surface area contributed by atoms with Gasteiger partial charge in [0, 0.05) is 12.1 Å². The Morgan fingerprint density at radius 1 is 1.35 bits per heavy atom. The van der Waals surface area contributed by atoms with Crippen LogP contribution in [0.4, 0.5) is 0 Å². The van der Waals surface area contributed by atoms with Crippen molar-refractivity contribution in [2.45, 2.75) is 57.7 Å². The summed E-state index contributed by atoms with van der Waals surface area (Å²) in [6.45, 7) is 6.53. The van der Waals surface area contributed by atoms with Gasteiger partial charge in [-0.1, -0.05) is 13.8 Å². The van der Waals surface area contributed by atoms with Gasteiger partial charge < -0.3 is 16.0 Å². The van der Waals surface area contributed by atoms with Crippen LogP contribution in [-0.2, 0) is 4.79 Å². The second-order valence-corrected chi connectivity index (χ2v) is 5.84. The predicted octanol–water partition coefficient (Wildman–Crippen LogP) is 0.713. The highest BCUT2D eigenvalue weighted by molar-refractivity contribution is 5.80. The third-order valence-electron chi connectivity index (χ3n) is 4.21. The SMILES string of the molecule is CC(C)C(NC1CCN2CCCC2C1)C(N)=O. The van der Waals surface area contributed by atoms with Crippen LogP contribution in [-0.4, -0.2) is 42.0 Å². The molecule has 0 spiro atoms. The fraction of sp³-hybridized carbons (Fsp3) is 0.923. The number of nitrogens with one attached hydrogen (secondary N) is 1. The maximum Gasteiger partial charge on any atom is 0.234 e. The Morgan fingerprint density at radius 3 is 2.76 bits per heavy atom. The predicted molar refractivity (Wildman–Crippen MR) is 68.6 cm³/mol. The third kappa shape index (κ3) is 2.99. The van der Waals surface area contributed by atoms with E-state index >= 15 is 0 Å². The van der Waals surface area contributed by atoms with Gasteiger partial charge in [0.05, 0.1) is 6.04 Å². The molecule has 2 aliphatic heterocycles. The molecule has 2 rings (SSSR count). The fourth-order valence-electron chi connectivity index (χ4n) is 3.23. The summed E-state index contributed by atoms with van der Waals surface area (Å²) >= 11 is 0.